The largest absolute Gasteiger partial charge is 0.365 e. The predicted octanol–water partition coefficient (Wildman–Crippen LogP) is 1.56. The number of carbonyl (C=O) groups excluding carboxylic acids is 2. The molecule has 0 unspecified atom stereocenters. The minimum Gasteiger partial charge on any atom is -0.365 e. The lowest BCUT2D eigenvalue weighted by atomic mass is 10.3. The summed E-state index contributed by atoms with van der Waals surface area (Å²) < 4.78 is 0. The molecule has 0 aliphatic heterocycles. The van der Waals surface area contributed by atoms with E-state index >= 15 is 0 Å². The van der Waals surface area contributed by atoms with Gasteiger partial charge < -0.3 is 11.1 Å². The van der Waals surface area contributed by atoms with Crippen molar-refractivity contribution >= 4 is 35.6 Å². The van der Waals surface area contributed by atoms with Crippen molar-refractivity contribution < 1.29 is 9.59 Å². The van der Waals surface area contributed by atoms with Crippen LogP contribution in [0.25, 0.3) is 0 Å². The molecule has 2 amide bonds. The van der Waals surface area contributed by atoms with Crippen LogP contribution in [0.2, 0.25) is 0 Å². The lowest BCUT2D eigenvalue weighted by Gasteiger charge is -2.04. The second-order valence-corrected chi connectivity index (χ2v) is 3.84. The molecule has 0 atom stereocenters. The molecule has 0 saturated heterocycles. The van der Waals surface area contributed by atoms with Crippen LogP contribution >= 0.6 is 11.3 Å². The first-order chi connectivity index (χ1) is 8.10. The van der Waals surface area contributed by atoms with Gasteiger partial charge in [-0.3, -0.25) is 14.6 Å². The van der Waals surface area contributed by atoms with Crippen molar-refractivity contribution in [3.05, 3.63) is 40.8 Å². The molecule has 1 aromatic rings. The SMILES string of the molecule is C=C/C=C(\N=C)C(=O)Nc1ccsc1C(N)=O. The minimum absolute atomic E-state index is 0.113. The average molecular weight is 249 g/mol. The molecule has 0 radical (unpaired) electrons. The lowest BCUT2D eigenvalue weighted by molar-refractivity contribution is -0.112. The molecule has 0 saturated carbocycles. The first-order valence-corrected chi connectivity index (χ1v) is 5.46. The van der Waals surface area contributed by atoms with Crippen molar-refractivity contribution in [2.24, 2.45) is 10.7 Å². The summed E-state index contributed by atoms with van der Waals surface area (Å²) in [6.07, 6.45) is 2.84. The second kappa shape index (κ2) is 5.76. The molecule has 1 aromatic heterocycles. The maximum absolute atomic E-state index is 11.7. The minimum atomic E-state index is -0.587. The Morgan fingerprint density at radius 2 is 2.24 bits per heavy atom. The Hall–Kier alpha value is -2.21. The monoisotopic (exact) mass is 249 g/mol. The number of rotatable bonds is 5. The quantitative estimate of drug-likeness (QED) is 0.471. The highest BCUT2D eigenvalue weighted by Gasteiger charge is 2.14. The summed E-state index contributed by atoms with van der Waals surface area (Å²) in [5.74, 6) is -1.06. The Kier molecular flexibility index (Phi) is 4.36. The van der Waals surface area contributed by atoms with E-state index in [1.54, 1.807) is 11.4 Å². The van der Waals surface area contributed by atoms with E-state index in [0.717, 1.165) is 11.3 Å². The van der Waals surface area contributed by atoms with Gasteiger partial charge in [0.05, 0.1) is 5.69 Å². The van der Waals surface area contributed by atoms with Gasteiger partial charge in [-0.15, -0.1) is 11.3 Å². The molecule has 0 aliphatic rings. The molecule has 6 heteroatoms. The van der Waals surface area contributed by atoms with Crippen molar-refractivity contribution in [1.29, 1.82) is 0 Å². The van der Waals surface area contributed by atoms with Gasteiger partial charge in [-0.1, -0.05) is 12.7 Å². The zero-order valence-corrected chi connectivity index (χ0v) is 9.79. The molecule has 1 heterocycles. The van der Waals surface area contributed by atoms with Crippen molar-refractivity contribution in [3.63, 3.8) is 0 Å². The maximum atomic E-state index is 11.7. The molecule has 5 nitrogen and oxygen atoms in total. The van der Waals surface area contributed by atoms with Gasteiger partial charge >= 0.3 is 0 Å². The number of allylic oxidation sites excluding steroid dienone is 2. The highest BCUT2D eigenvalue weighted by molar-refractivity contribution is 7.12. The molecule has 0 bridgehead atoms. The second-order valence-electron chi connectivity index (χ2n) is 2.93. The van der Waals surface area contributed by atoms with Crippen LogP contribution in [-0.4, -0.2) is 18.5 Å². The molecule has 17 heavy (non-hydrogen) atoms. The third-order valence-electron chi connectivity index (χ3n) is 1.82. The van der Waals surface area contributed by atoms with Gasteiger partial charge in [0.2, 0.25) is 0 Å². The molecular weight excluding hydrogens is 238 g/mol. The van der Waals surface area contributed by atoms with Crippen LogP contribution < -0.4 is 11.1 Å². The standard InChI is InChI=1S/C11H11N3O2S/c1-3-4-8(13-2)11(16)14-7-5-6-17-9(7)10(12)15/h3-6H,1-2H2,(H2,12,15)(H,14,16)/b8-4-. The van der Waals surface area contributed by atoms with Crippen molar-refractivity contribution in [1.82, 2.24) is 0 Å². The Balaban J connectivity index is 2.91. The fourth-order valence-electron chi connectivity index (χ4n) is 1.10. The van der Waals surface area contributed by atoms with Gasteiger partial charge in [0.25, 0.3) is 11.8 Å². The highest BCUT2D eigenvalue weighted by atomic mass is 32.1. The van der Waals surface area contributed by atoms with Gasteiger partial charge in [0, 0.05) is 0 Å². The Labute approximate surface area is 102 Å². The predicted molar refractivity (Wildman–Crippen MR) is 69.3 cm³/mol. The Morgan fingerprint density at radius 1 is 1.53 bits per heavy atom. The molecule has 0 fully saturated rings. The molecule has 0 spiro atoms. The summed E-state index contributed by atoms with van der Waals surface area (Å²) in [4.78, 5) is 26.6. The Bertz CT molecular complexity index is 503. The van der Waals surface area contributed by atoms with Gasteiger partial charge in [0.15, 0.2) is 0 Å². The van der Waals surface area contributed by atoms with E-state index in [0.29, 0.717) is 10.6 Å². The Morgan fingerprint density at radius 3 is 2.76 bits per heavy atom. The number of anilines is 1. The maximum Gasteiger partial charge on any atom is 0.274 e. The van der Waals surface area contributed by atoms with E-state index in [-0.39, 0.29) is 5.70 Å². The summed E-state index contributed by atoms with van der Waals surface area (Å²) in [6, 6.07) is 1.59. The zero-order valence-electron chi connectivity index (χ0n) is 8.97. The van der Waals surface area contributed by atoms with Crippen LogP contribution in [0.1, 0.15) is 9.67 Å². The number of carbonyl (C=O) groups is 2. The van der Waals surface area contributed by atoms with Gasteiger partial charge in [-0.05, 0) is 24.2 Å². The molecule has 0 aliphatic carbocycles. The number of nitrogens with two attached hydrogens (primary N) is 1. The molecule has 88 valence electrons. The number of thiophene rings is 1. The van der Waals surface area contributed by atoms with E-state index in [1.807, 2.05) is 0 Å². The fourth-order valence-corrected chi connectivity index (χ4v) is 1.80. The molecule has 0 aromatic carbocycles. The fraction of sp³-hybridized carbons (Fsp3) is 0. The van der Waals surface area contributed by atoms with E-state index in [9.17, 15) is 9.59 Å². The van der Waals surface area contributed by atoms with Crippen molar-refractivity contribution in [2.75, 3.05) is 5.32 Å². The molecule has 1 rings (SSSR count). The van der Waals surface area contributed by atoms with Crippen LogP contribution in [-0.2, 0) is 4.79 Å². The number of hydrogen-bond donors (Lipinski definition) is 2. The first kappa shape index (κ1) is 12.9. The summed E-state index contributed by atoms with van der Waals surface area (Å²) in [6.45, 7) is 6.73. The number of nitrogens with one attached hydrogen (secondary N) is 1. The van der Waals surface area contributed by atoms with Crippen LogP contribution in [0.4, 0.5) is 5.69 Å². The van der Waals surface area contributed by atoms with Crippen LogP contribution in [0.5, 0.6) is 0 Å². The van der Waals surface area contributed by atoms with Gasteiger partial charge in [-0.25, -0.2) is 0 Å². The highest BCUT2D eigenvalue weighted by Crippen LogP contribution is 2.22. The third-order valence-corrected chi connectivity index (χ3v) is 2.74. The number of nitrogens with zero attached hydrogens (tertiary/aromatic N) is 1. The third kappa shape index (κ3) is 3.12. The van der Waals surface area contributed by atoms with Crippen molar-refractivity contribution in [2.45, 2.75) is 0 Å². The number of hydrogen-bond acceptors (Lipinski definition) is 4. The smallest absolute Gasteiger partial charge is 0.274 e. The van der Waals surface area contributed by atoms with E-state index in [2.05, 4.69) is 23.6 Å². The summed E-state index contributed by atoms with van der Waals surface area (Å²) >= 11 is 1.16. The van der Waals surface area contributed by atoms with Crippen LogP contribution in [0, 0.1) is 0 Å². The topological polar surface area (TPSA) is 84.6 Å². The van der Waals surface area contributed by atoms with Crippen LogP contribution in [0.3, 0.4) is 0 Å². The summed E-state index contributed by atoms with van der Waals surface area (Å²) in [5, 5.41) is 4.19. The molecular formula is C11H11N3O2S. The average Bonchev–Trinajstić information content (AvgIpc) is 2.73. The molecule has 3 N–H and O–H groups in total. The first-order valence-electron chi connectivity index (χ1n) is 4.58. The van der Waals surface area contributed by atoms with Gasteiger partial charge in [-0.2, -0.15) is 0 Å². The summed E-state index contributed by atoms with van der Waals surface area (Å²) in [5.41, 5.74) is 5.64. The van der Waals surface area contributed by atoms with Gasteiger partial charge in [0.1, 0.15) is 10.6 Å². The van der Waals surface area contributed by atoms with E-state index in [1.165, 1.54) is 12.2 Å². The van der Waals surface area contributed by atoms with E-state index < -0.39 is 11.8 Å². The van der Waals surface area contributed by atoms with Crippen molar-refractivity contribution in [3.8, 4) is 0 Å². The number of aliphatic imine (C=N–C) groups is 1. The lowest BCUT2D eigenvalue weighted by Crippen LogP contribution is -2.17. The number of primary amides is 1. The van der Waals surface area contributed by atoms with E-state index in [4.69, 9.17) is 5.73 Å². The normalized spacial score (nSPS) is 10.7. The number of amides is 2. The van der Waals surface area contributed by atoms with Crippen LogP contribution in [0.15, 0.2) is 40.9 Å². The zero-order chi connectivity index (χ0) is 12.8. The summed E-state index contributed by atoms with van der Waals surface area (Å²) in [7, 11) is 0.